The Morgan fingerprint density at radius 1 is 1.55 bits per heavy atom. The summed E-state index contributed by atoms with van der Waals surface area (Å²) in [6.07, 6.45) is 0. The average Bonchev–Trinajstić information content (AvgIpc) is 2.37. The summed E-state index contributed by atoms with van der Waals surface area (Å²) < 4.78 is 14.1. The number of carbonyl (C=O) groups is 1. The molecule has 0 aliphatic carbocycles. The minimum atomic E-state index is -0.812. The molecule has 6 heteroatoms. The van der Waals surface area contributed by atoms with E-state index >= 15 is 0 Å². The van der Waals surface area contributed by atoms with Crippen molar-refractivity contribution >= 4 is 11.7 Å². The molecule has 20 heavy (non-hydrogen) atoms. The first-order valence-electron chi connectivity index (χ1n) is 6.52. The van der Waals surface area contributed by atoms with Gasteiger partial charge in [-0.05, 0) is 31.7 Å². The fourth-order valence-electron chi connectivity index (χ4n) is 2.57. The third-order valence-corrected chi connectivity index (χ3v) is 3.59. The van der Waals surface area contributed by atoms with Crippen LogP contribution in [0.3, 0.4) is 0 Å². The van der Waals surface area contributed by atoms with Crippen LogP contribution in [0.15, 0.2) is 23.2 Å². The van der Waals surface area contributed by atoms with Gasteiger partial charge in [-0.2, -0.15) is 0 Å². The SMILES string of the molecule is CCN1CC(N)=NC(C)(c2cc(C(N)=O)ccc2F)C1. The zero-order valence-corrected chi connectivity index (χ0v) is 11.7. The summed E-state index contributed by atoms with van der Waals surface area (Å²) in [5.41, 5.74) is 10.9. The molecule has 108 valence electrons. The lowest BCUT2D eigenvalue weighted by atomic mass is 9.89. The zero-order chi connectivity index (χ0) is 14.9. The summed E-state index contributed by atoms with van der Waals surface area (Å²) in [6, 6.07) is 4.09. The fourth-order valence-corrected chi connectivity index (χ4v) is 2.57. The smallest absolute Gasteiger partial charge is 0.248 e. The van der Waals surface area contributed by atoms with Gasteiger partial charge in [0.05, 0.1) is 6.54 Å². The van der Waals surface area contributed by atoms with Crippen LogP contribution < -0.4 is 11.5 Å². The summed E-state index contributed by atoms with van der Waals surface area (Å²) >= 11 is 0. The minimum absolute atomic E-state index is 0.269. The number of halogens is 1. The Morgan fingerprint density at radius 2 is 2.25 bits per heavy atom. The van der Waals surface area contributed by atoms with Crippen molar-refractivity contribution in [2.75, 3.05) is 19.6 Å². The van der Waals surface area contributed by atoms with E-state index in [0.29, 0.717) is 24.5 Å². The van der Waals surface area contributed by atoms with Crippen LogP contribution in [0.25, 0.3) is 0 Å². The Hall–Kier alpha value is -1.95. The van der Waals surface area contributed by atoms with Gasteiger partial charge >= 0.3 is 0 Å². The number of hydrogen-bond donors (Lipinski definition) is 2. The van der Waals surface area contributed by atoms with Crippen LogP contribution in [0.4, 0.5) is 4.39 Å². The van der Waals surface area contributed by atoms with Crippen molar-refractivity contribution in [3.8, 4) is 0 Å². The van der Waals surface area contributed by atoms with Gasteiger partial charge in [0.25, 0.3) is 0 Å². The lowest BCUT2D eigenvalue weighted by Gasteiger charge is -2.37. The molecule has 5 nitrogen and oxygen atoms in total. The number of rotatable bonds is 3. The highest BCUT2D eigenvalue weighted by Crippen LogP contribution is 2.31. The van der Waals surface area contributed by atoms with Gasteiger partial charge in [0.2, 0.25) is 5.91 Å². The molecule has 1 unspecified atom stereocenters. The fraction of sp³-hybridized carbons (Fsp3) is 0.429. The van der Waals surface area contributed by atoms with Gasteiger partial charge in [0.1, 0.15) is 17.2 Å². The van der Waals surface area contributed by atoms with Crippen LogP contribution in [0.1, 0.15) is 29.8 Å². The van der Waals surface area contributed by atoms with Crippen molar-refractivity contribution in [2.45, 2.75) is 19.4 Å². The summed E-state index contributed by atoms with van der Waals surface area (Å²) in [4.78, 5) is 17.8. The van der Waals surface area contributed by atoms with E-state index in [1.54, 1.807) is 0 Å². The van der Waals surface area contributed by atoms with E-state index in [0.717, 1.165) is 6.54 Å². The Kier molecular flexibility index (Phi) is 3.76. The molecule has 1 aromatic carbocycles. The second-order valence-electron chi connectivity index (χ2n) is 5.24. The molecule has 0 saturated heterocycles. The van der Waals surface area contributed by atoms with Gasteiger partial charge in [-0.3, -0.25) is 14.7 Å². The second kappa shape index (κ2) is 5.20. The van der Waals surface area contributed by atoms with Crippen molar-refractivity contribution in [3.63, 3.8) is 0 Å². The first kappa shape index (κ1) is 14.5. The van der Waals surface area contributed by atoms with E-state index in [1.165, 1.54) is 18.2 Å². The summed E-state index contributed by atoms with van der Waals surface area (Å²) in [5.74, 6) is -0.536. The highest BCUT2D eigenvalue weighted by molar-refractivity contribution is 5.93. The molecule has 1 aromatic rings. The zero-order valence-electron chi connectivity index (χ0n) is 11.7. The van der Waals surface area contributed by atoms with Crippen molar-refractivity contribution in [1.82, 2.24) is 4.90 Å². The first-order chi connectivity index (χ1) is 9.35. The molecule has 0 radical (unpaired) electrons. The molecule has 1 heterocycles. The Balaban J connectivity index is 2.51. The van der Waals surface area contributed by atoms with Crippen molar-refractivity contribution in [1.29, 1.82) is 0 Å². The monoisotopic (exact) mass is 278 g/mol. The number of likely N-dealkylation sites (N-methyl/N-ethyl adjacent to an activating group) is 1. The maximum atomic E-state index is 14.1. The molecule has 0 aromatic heterocycles. The lowest BCUT2D eigenvalue weighted by molar-refractivity contribution is 0.1000. The number of nitrogens with zero attached hydrogens (tertiary/aromatic N) is 2. The second-order valence-corrected chi connectivity index (χ2v) is 5.24. The summed E-state index contributed by atoms with van der Waals surface area (Å²) in [7, 11) is 0. The molecular weight excluding hydrogens is 259 g/mol. The van der Waals surface area contributed by atoms with Crippen LogP contribution in [0, 0.1) is 5.82 Å². The third-order valence-electron chi connectivity index (χ3n) is 3.59. The van der Waals surface area contributed by atoms with E-state index in [1.807, 2.05) is 13.8 Å². The molecule has 0 spiro atoms. The van der Waals surface area contributed by atoms with Gasteiger partial charge < -0.3 is 11.5 Å². The molecule has 1 amide bonds. The molecule has 1 aliphatic heterocycles. The molecule has 1 atom stereocenters. The molecule has 2 rings (SSSR count). The molecular formula is C14H19FN4O. The van der Waals surface area contributed by atoms with E-state index in [2.05, 4.69) is 9.89 Å². The van der Waals surface area contributed by atoms with Crippen LogP contribution >= 0.6 is 0 Å². The van der Waals surface area contributed by atoms with Gasteiger partial charge in [0.15, 0.2) is 0 Å². The predicted octanol–water partition coefficient (Wildman–Crippen LogP) is 0.833. The Labute approximate surface area is 117 Å². The molecule has 0 bridgehead atoms. The number of amides is 1. The van der Waals surface area contributed by atoms with Gasteiger partial charge in [0, 0.05) is 17.7 Å². The number of amidine groups is 1. The Bertz CT molecular complexity index is 572. The predicted molar refractivity (Wildman–Crippen MR) is 76.0 cm³/mol. The molecule has 0 fully saturated rings. The lowest BCUT2D eigenvalue weighted by Crippen LogP contribution is -2.48. The normalized spacial score (nSPS) is 23.4. The highest BCUT2D eigenvalue weighted by atomic mass is 19.1. The van der Waals surface area contributed by atoms with E-state index in [9.17, 15) is 9.18 Å². The van der Waals surface area contributed by atoms with Crippen LogP contribution in [-0.2, 0) is 5.54 Å². The maximum Gasteiger partial charge on any atom is 0.248 e. The first-order valence-corrected chi connectivity index (χ1v) is 6.52. The Morgan fingerprint density at radius 3 is 2.85 bits per heavy atom. The highest BCUT2D eigenvalue weighted by Gasteiger charge is 2.35. The number of primary amides is 1. The number of carbonyl (C=O) groups excluding carboxylic acids is 1. The van der Waals surface area contributed by atoms with Crippen LogP contribution in [-0.4, -0.2) is 36.3 Å². The summed E-state index contributed by atoms with van der Waals surface area (Å²) in [5, 5.41) is 0. The summed E-state index contributed by atoms with van der Waals surface area (Å²) in [6.45, 7) is 5.73. The van der Waals surface area contributed by atoms with Crippen LogP contribution in [0.2, 0.25) is 0 Å². The topological polar surface area (TPSA) is 84.7 Å². The van der Waals surface area contributed by atoms with Crippen molar-refractivity contribution < 1.29 is 9.18 Å². The standard InChI is InChI=1S/C14H19FN4O/c1-3-19-7-12(16)18-14(2,8-19)10-6-9(13(17)20)4-5-11(10)15/h4-6H,3,7-8H2,1-2H3,(H2,16,18)(H2,17,20). The van der Waals surface area contributed by atoms with E-state index in [4.69, 9.17) is 11.5 Å². The minimum Gasteiger partial charge on any atom is -0.386 e. The van der Waals surface area contributed by atoms with Crippen molar-refractivity contribution in [3.05, 3.63) is 35.1 Å². The van der Waals surface area contributed by atoms with E-state index in [-0.39, 0.29) is 5.56 Å². The number of benzene rings is 1. The largest absolute Gasteiger partial charge is 0.386 e. The molecule has 0 saturated carbocycles. The number of aliphatic imine (C=N–C) groups is 1. The molecule has 4 N–H and O–H groups in total. The van der Waals surface area contributed by atoms with Gasteiger partial charge in [-0.15, -0.1) is 0 Å². The third kappa shape index (κ3) is 2.65. The van der Waals surface area contributed by atoms with Crippen LogP contribution in [0.5, 0.6) is 0 Å². The number of hydrogen-bond acceptors (Lipinski definition) is 4. The quantitative estimate of drug-likeness (QED) is 0.859. The van der Waals surface area contributed by atoms with E-state index < -0.39 is 17.3 Å². The van der Waals surface area contributed by atoms with Gasteiger partial charge in [-0.25, -0.2) is 4.39 Å². The maximum absolute atomic E-state index is 14.1. The van der Waals surface area contributed by atoms with Crippen molar-refractivity contribution in [2.24, 2.45) is 16.5 Å². The van der Waals surface area contributed by atoms with Gasteiger partial charge in [-0.1, -0.05) is 6.92 Å². The molecule has 1 aliphatic rings. The number of nitrogens with two attached hydrogens (primary N) is 2. The average molecular weight is 278 g/mol.